The van der Waals surface area contributed by atoms with E-state index in [0.29, 0.717) is 19.1 Å². The van der Waals surface area contributed by atoms with Gasteiger partial charge in [-0.3, -0.25) is 4.98 Å². The van der Waals surface area contributed by atoms with Gasteiger partial charge in [0.15, 0.2) is 5.96 Å². The van der Waals surface area contributed by atoms with Gasteiger partial charge in [0.2, 0.25) is 0 Å². The minimum absolute atomic E-state index is 0.143. The number of nitrogens with two attached hydrogens (primary N) is 1. The van der Waals surface area contributed by atoms with Crippen molar-refractivity contribution in [2.45, 2.75) is 25.9 Å². The number of guanidine groups is 1. The summed E-state index contributed by atoms with van der Waals surface area (Å²) in [5, 5.41) is 3.29. The molecule has 1 aliphatic rings. The third-order valence-electron chi connectivity index (χ3n) is 3.64. The number of ether oxygens (including phenoxy) is 1. The maximum atomic E-state index is 6.03. The van der Waals surface area contributed by atoms with E-state index in [2.05, 4.69) is 27.4 Å². The Morgan fingerprint density at radius 1 is 1.41 bits per heavy atom. The van der Waals surface area contributed by atoms with E-state index in [9.17, 15) is 0 Å². The summed E-state index contributed by atoms with van der Waals surface area (Å²) >= 11 is 0. The molecule has 0 fully saturated rings. The largest absolute Gasteiger partial charge is 0.493 e. The van der Waals surface area contributed by atoms with Crippen molar-refractivity contribution in [2.75, 3.05) is 6.61 Å². The Kier molecular flexibility index (Phi) is 4.23. The molecule has 1 aliphatic heterocycles. The Morgan fingerprint density at radius 2 is 2.27 bits per heavy atom. The number of benzene rings is 1. The number of nitrogens with zero attached hydrogens (tertiary/aromatic N) is 2. The molecule has 0 saturated heterocycles. The van der Waals surface area contributed by atoms with Crippen LogP contribution in [-0.2, 0) is 6.54 Å². The van der Waals surface area contributed by atoms with Crippen molar-refractivity contribution < 1.29 is 4.74 Å². The number of fused-ring (bicyclic) bond motifs is 1. The lowest BCUT2D eigenvalue weighted by atomic mass is 10.0. The van der Waals surface area contributed by atoms with Crippen LogP contribution in [0.4, 0.5) is 0 Å². The molecule has 0 radical (unpaired) electrons. The molecule has 1 atom stereocenters. The summed E-state index contributed by atoms with van der Waals surface area (Å²) < 4.78 is 5.65. The zero-order chi connectivity index (χ0) is 15.4. The highest BCUT2D eigenvalue weighted by molar-refractivity contribution is 5.78. The maximum absolute atomic E-state index is 6.03. The molecule has 3 rings (SSSR count). The summed E-state index contributed by atoms with van der Waals surface area (Å²) in [5.41, 5.74) is 9.33. The molecular weight excluding hydrogens is 276 g/mol. The number of nitrogens with one attached hydrogen (secondary N) is 1. The lowest BCUT2D eigenvalue weighted by Gasteiger charge is -2.26. The van der Waals surface area contributed by atoms with Gasteiger partial charge in [-0.1, -0.05) is 24.3 Å². The fourth-order valence-electron chi connectivity index (χ4n) is 2.60. The summed E-state index contributed by atoms with van der Waals surface area (Å²) in [6, 6.07) is 10.2. The Bertz CT molecular complexity index is 684. The highest BCUT2D eigenvalue weighted by atomic mass is 16.5. The molecule has 114 valence electrons. The summed E-state index contributed by atoms with van der Waals surface area (Å²) in [4.78, 5) is 8.57. The predicted molar refractivity (Wildman–Crippen MR) is 86.7 cm³/mol. The fourth-order valence-corrected chi connectivity index (χ4v) is 2.60. The minimum atomic E-state index is 0.143. The molecule has 2 aromatic rings. The van der Waals surface area contributed by atoms with Crippen LogP contribution in [-0.4, -0.2) is 17.6 Å². The highest BCUT2D eigenvalue weighted by Gasteiger charge is 2.21. The van der Waals surface area contributed by atoms with E-state index in [1.807, 2.05) is 37.5 Å². The van der Waals surface area contributed by atoms with Crippen LogP contribution in [0.5, 0.6) is 5.75 Å². The van der Waals surface area contributed by atoms with Crippen LogP contribution >= 0.6 is 0 Å². The van der Waals surface area contributed by atoms with Gasteiger partial charge in [-0.15, -0.1) is 0 Å². The molecule has 0 saturated carbocycles. The number of para-hydroxylation sites is 1. The molecule has 1 unspecified atom stereocenters. The van der Waals surface area contributed by atoms with Crippen molar-refractivity contribution in [3.8, 4) is 5.75 Å². The Balaban J connectivity index is 1.67. The van der Waals surface area contributed by atoms with Gasteiger partial charge in [0.25, 0.3) is 0 Å². The number of hydrogen-bond donors (Lipinski definition) is 2. The van der Waals surface area contributed by atoms with Crippen LogP contribution in [0.25, 0.3) is 0 Å². The lowest BCUT2D eigenvalue weighted by molar-refractivity contribution is 0.262. The third-order valence-corrected chi connectivity index (χ3v) is 3.64. The maximum Gasteiger partial charge on any atom is 0.189 e. The van der Waals surface area contributed by atoms with E-state index < -0.39 is 0 Å². The number of aromatic nitrogens is 1. The first kappa shape index (κ1) is 14.4. The zero-order valence-corrected chi connectivity index (χ0v) is 12.6. The first-order valence-electron chi connectivity index (χ1n) is 7.41. The molecule has 22 heavy (non-hydrogen) atoms. The second-order valence-electron chi connectivity index (χ2n) is 5.44. The second kappa shape index (κ2) is 6.47. The Hall–Kier alpha value is -2.56. The van der Waals surface area contributed by atoms with E-state index in [-0.39, 0.29) is 6.04 Å². The van der Waals surface area contributed by atoms with Crippen molar-refractivity contribution in [1.82, 2.24) is 10.3 Å². The average molecular weight is 296 g/mol. The number of pyridine rings is 1. The van der Waals surface area contributed by atoms with Crippen LogP contribution < -0.4 is 15.8 Å². The minimum Gasteiger partial charge on any atom is -0.493 e. The fraction of sp³-hybridized carbons (Fsp3) is 0.294. The predicted octanol–water partition coefficient (Wildman–Crippen LogP) is 2.32. The van der Waals surface area contributed by atoms with E-state index in [0.717, 1.165) is 28.9 Å². The zero-order valence-electron chi connectivity index (χ0n) is 12.6. The first-order valence-corrected chi connectivity index (χ1v) is 7.41. The average Bonchev–Trinajstić information content (AvgIpc) is 2.53. The van der Waals surface area contributed by atoms with Gasteiger partial charge in [-0.2, -0.15) is 0 Å². The van der Waals surface area contributed by atoms with E-state index >= 15 is 0 Å². The van der Waals surface area contributed by atoms with Gasteiger partial charge in [0, 0.05) is 24.4 Å². The van der Waals surface area contributed by atoms with Gasteiger partial charge in [0.05, 0.1) is 19.2 Å². The van der Waals surface area contributed by atoms with Crippen molar-refractivity contribution in [2.24, 2.45) is 10.7 Å². The molecule has 1 aromatic carbocycles. The normalized spacial score (nSPS) is 17.5. The molecule has 0 amide bonds. The number of aryl methyl sites for hydroxylation is 1. The number of aliphatic imine (C=N–C) groups is 1. The molecular formula is C17H20N4O. The van der Waals surface area contributed by atoms with Gasteiger partial charge in [-0.05, 0) is 24.1 Å². The summed E-state index contributed by atoms with van der Waals surface area (Å²) in [7, 11) is 0. The van der Waals surface area contributed by atoms with Crippen LogP contribution in [0.2, 0.25) is 0 Å². The standard InChI is InChI=1S/C17H20N4O/c1-12-8-13(10-19-9-12)11-20-17(18)21-15-6-7-22-16-5-3-2-4-14(15)16/h2-5,8-10,15H,6-7,11H2,1H3,(H3,18,20,21). The lowest BCUT2D eigenvalue weighted by Crippen LogP contribution is -2.37. The van der Waals surface area contributed by atoms with Gasteiger partial charge < -0.3 is 15.8 Å². The second-order valence-corrected chi connectivity index (χ2v) is 5.44. The molecule has 5 heteroatoms. The SMILES string of the molecule is Cc1cncc(CN=C(N)NC2CCOc3ccccc32)c1. The van der Waals surface area contributed by atoms with Crippen LogP contribution in [0.15, 0.2) is 47.7 Å². The Morgan fingerprint density at radius 3 is 3.14 bits per heavy atom. The van der Waals surface area contributed by atoms with Crippen LogP contribution in [0, 0.1) is 6.92 Å². The van der Waals surface area contributed by atoms with Crippen molar-refractivity contribution >= 4 is 5.96 Å². The molecule has 5 nitrogen and oxygen atoms in total. The summed E-state index contributed by atoms with van der Waals surface area (Å²) in [6.45, 7) is 3.23. The molecule has 0 spiro atoms. The molecule has 0 aliphatic carbocycles. The van der Waals surface area contributed by atoms with Gasteiger partial charge >= 0.3 is 0 Å². The topological polar surface area (TPSA) is 72.5 Å². The molecule has 2 heterocycles. The van der Waals surface area contributed by atoms with Crippen molar-refractivity contribution in [3.05, 3.63) is 59.4 Å². The van der Waals surface area contributed by atoms with Crippen LogP contribution in [0.1, 0.15) is 29.2 Å². The smallest absolute Gasteiger partial charge is 0.189 e. The van der Waals surface area contributed by atoms with E-state index in [1.165, 1.54) is 0 Å². The quantitative estimate of drug-likeness (QED) is 0.673. The monoisotopic (exact) mass is 296 g/mol. The molecule has 1 aromatic heterocycles. The Labute approximate surface area is 130 Å². The van der Waals surface area contributed by atoms with Gasteiger partial charge in [0.1, 0.15) is 5.75 Å². The highest BCUT2D eigenvalue weighted by Crippen LogP contribution is 2.31. The number of rotatable bonds is 3. The van der Waals surface area contributed by atoms with E-state index in [1.54, 1.807) is 0 Å². The first-order chi connectivity index (χ1) is 10.7. The van der Waals surface area contributed by atoms with E-state index in [4.69, 9.17) is 10.5 Å². The summed E-state index contributed by atoms with van der Waals surface area (Å²) in [5.74, 6) is 1.37. The molecule has 3 N–H and O–H groups in total. The summed E-state index contributed by atoms with van der Waals surface area (Å²) in [6.07, 6.45) is 4.51. The van der Waals surface area contributed by atoms with Crippen molar-refractivity contribution in [3.63, 3.8) is 0 Å². The molecule has 0 bridgehead atoms. The van der Waals surface area contributed by atoms with Gasteiger partial charge in [-0.25, -0.2) is 4.99 Å². The third kappa shape index (κ3) is 3.36. The number of hydrogen-bond acceptors (Lipinski definition) is 3. The van der Waals surface area contributed by atoms with Crippen LogP contribution in [0.3, 0.4) is 0 Å². The van der Waals surface area contributed by atoms with Crippen molar-refractivity contribution in [1.29, 1.82) is 0 Å².